The van der Waals surface area contributed by atoms with Crippen LogP contribution in [0.2, 0.25) is 5.02 Å². The van der Waals surface area contributed by atoms with E-state index in [0.29, 0.717) is 10.6 Å². The molecule has 3 aromatic rings. The number of carbonyl (C=O) groups excluding carboxylic acids is 1. The fraction of sp³-hybridized carbons (Fsp3) is 0. The molecule has 0 saturated carbocycles. The summed E-state index contributed by atoms with van der Waals surface area (Å²) in [6.45, 7) is 0. The van der Waals surface area contributed by atoms with Gasteiger partial charge in [0.1, 0.15) is 24.1 Å². The minimum absolute atomic E-state index is 0.0561. The van der Waals surface area contributed by atoms with E-state index in [-0.39, 0.29) is 22.7 Å². The summed E-state index contributed by atoms with van der Waals surface area (Å²) < 4.78 is 1.22. The van der Waals surface area contributed by atoms with E-state index in [1.807, 2.05) is 0 Å². The lowest BCUT2D eigenvalue weighted by Gasteiger charge is -2.08. The molecule has 1 N–H and O–H groups in total. The monoisotopic (exact) mass is 370 g/mol. The SMILES string of the molecule is O=C(C(=Cc1cc([N+](=O)[O-])ccc1O)n1cncn1)c1ccc(Cl)cc1. The lowest BCUT2D eigenvalue weighted by Crippen LogP contribution is -2.10. The predicted octanol–water partition coefficient (Wildman–Crippen LogP) is 3.43. The topological polar surface area (TPSA) is 111 Å². The van der Waals surface area contributed by atoms with Crippen molar-refractivity contribution in [3.63, 3.8) is 0 Å². The number of nitro benzene ring substituents is 1. The van der Waals surface area contributed by atoms with Crippen molar-refractivity contribution in [2.24, 2.45) is 0 Å². The molecular formula is C17H11ClN4O4. The first kappa shape index (κ1) is 17.3. The van der Waals surface area contributed by atoms with Crippen LogP contribution in [-0.2, 0) is 0 Å². The molecule has 1 aromatic heterocycles. The van der Waals surface area contributed by atoms with Crippen LogP contribution in [0.15, 0.2) is 55.1 Å². The molecule has 0 atom stereocenters. The molecule has 3 rings (SSSR count). The largest absolute Gasteiger partial charge is 0.507 e. The van der Waals surface area contributed by atoms with Gasteiger partial charge in [0.25, 0.3) is 5.69 Å². The van der Waals surface area contributed by atoms with Crippen molar-refractivity contribution >= 4 is 34.8 Å². The Labute approximate surface area is 152 Å². The average molecular weight is 371 g/mol. The predicted molar refractivity (Wildman–Crippen MR) is 94.7 cm³/mol. The highest BCUT2D eigenvalue weighted by Gasteiger charge is 2.17. The number of aromatic nitrogens is 3. The Hall–Kier alpha value is -3.52. The van der Waals surface area contributed by atoms with Gasteiger partial charge in [-0.2, -0.15) is 5.10 Å². The van der Waals surface area contributed by atoms with Crippen LogP contribution in [0.4, 0.5) is 5.69 Å². The summed E-state index contributed by atoms with van der Waals surface area (Å²) in [5.41, 5.74) is 0.277. The van der Waals surface area contributed by atoms with Crippen LogP contribution in [0, 0.1) is 10.1 Å². The zero-order valence-electron chi connectivity index (χ0n) is 13.1. The number of hydrogen-bond acceptors (Lipinski definition) is 6. The lowest BCUT2D eigenvalue weighted by molar-refractivity contribution is -0.384. The average Bonchev–Trinajstić information content (AvgIpc) is 3.15. The second-order valence-corrected chi connectivity index (χ2v) is 5.64. The molecule has 0 fully saturated rings. The highest BCUT2D eigenvalue weighted by molar-refractivity contribution is 6.31. The summed E-state index contributed by atoms with van der Waals surface area (Å²) in [7, 11) is 0. The summed E-state index contributed by atoms with van der Waals surface area (Å²) in [5.74, 6) is -0.629. The maximum atomic E-state index is 12.9. The Morgan fingerprint density at radius 1 is 1.23 bits per heavy atom. The summed E-state index contributed by atoms with van der Waals surface area (Å²) in [4.78, 5) is 27.1. The van der Waals surface area contributed by atoms with Crippen LogP contribution >= 0.6 is 11.6 Å². The van der Waals surface area contributed by atoms with Crippen LogP contribution in [0.3, 0.4) is 0 Å². The van der Waals surface area contributed by atoms with E-state index >= 15 is 0 Å². The van der Waals surface area contributed by atoms with Gasteiger partial charge in [-0.1, -0.05) is 11.6 Å². The number of ketones is 1. The van der Waals surface area contributed by atoms with E-state index in [0.717, 1.165) is 0 Å². The summed E-state index contributed by atoms with van der Waals surface area (Å²) in [5, 5.41) is 25.4. The van der Waals surface area contributed by atoms with Crippen LogP contribution in [0.1, 0.15) is 15.9 Å². The molecule has 0 aliphatic rings. The third kappa shape index (κ3) is 3.60. The fourth-order valence-electron chi connectivity index (χ4n) is 2.24. The molecule has 0 aliphatic heterocycles. The first-order valence-electron chi connectivity index (χ1n) is 7.30. The van der Waals surface area contributed by atoms with Crippen molar-refractivity contribution in [2.45, 2.75) is 0 Å². The van der Waals surface area contributed by atoms with Gasteiger partial charge in [0.2, 0.25) is 5.78 Å². The summed E-state index contributed by atoms with van der Waals surface area (Å²) >= 11 is 5.84. The molecule has 9 heteroatoms. The van der Waals surface area contributed by atoms with Gasteiger partial charge in [-0.25, -0.2) is 9.67 Å². The van der Waals surface area contributed by atoms with Gasteiger partial charge in [0, 0.05) is 28.3 Å². The van der Waals surface area contributed by atoms with Crippen LogP contribution in [-0.4, -0.2) is 30.6 Å². The third-order valence-electron chi connectivity index (χ3n) is 3.52. The van der Waals surface area contributed by atoms with E-state index in [4.69, 9.17) is 11.6 Å². The second-order valence-electron chi connectivity index (χ2n) is 5.21. The molecule has 0 saturated heterocycles. The lowest BCUT2D eigenvalue weighted by atomic mass is 10.1. The van der Waals surface area contributed by atoms with E-state index in [1.165, 1.54) is 41.6 Å². The molecule has 2 aromatic carbocycles. The number of rotatable bonds is 5. The molecule has 0 aliphatic carbocycles. The second kappa shape index (κ2) is 7.16. The summed E-state index contributed by atoms with van der Waals surface area (Å²) in [6.07, 6.45) is 3.87. The molecule has 0 bridgehead atoms. The zero-order valence-corrected chi connectivity index (χ0v) is 13.9. The van der Waals surface area contributed by atoms with E-state index in [9.17, 15) is 20.0 Å². The Morgan fingerprint density at radius 2 is 1.96 bits per heavy atom. The number of Topliss-reactive ketones (excluding diaryl/α,β-unsaturated/α-hetero) is 1. The van der Waals surface area contributed by atoms with Gasteiger partial charge >= 0.3 is 0 Å². The number of phenols is 1. The van der Waals surface area contributed by atoms with Crippen molar-refractivity contribution < 1.29 is 14.8 Å². The number of non-ortho nitro benzene ring substituents is 1. The normalized spacial score (nSPS) is 11.3. The quantitative estimate of drug-likeness (QED) is 0.319. The molecule has 8 nitrogen and oxygen atoms in total. The maximum absolute atomic E-state index is 12.9. The van der Waals surface area contributed by atoms with E-state index in [2.05, 4.69) is 10.1 Å². The number of nitro groups is 1. The minimum atomic E-state index is -0.590. The number of nitrogens with zero attached hydrogens (tertiary/aromatic N) is 4. The number of phenolic OH excluding ortho intramolecular Hbond substituents is 1. The minimum Gasteiger partial charge on any atom is -0.507 e. The molecule has 0 radical (unpaired) electrons. The van der Waals surface area contributed by atoms with Crippen molar-refractivity contribution in [2.75, 3.05) is 0 Å². The van der Waals surface area contributed by atoms with Gasteiger partial charge < -0.3 is 5.11 Å². The molecule has 0 unspecified atom stereocenters. The van der Waals surface area contributed by atoms with Gasteiger partial charge in [-0.3, -0.25) is 14.9 Å². The van der Waals surface area contributed by atoms with Crippen LogP contribution < -0.4 is 0 Å². The summed E-state index contributed by atoms with van der Waals surface area (Å²) in [6, 6.07) is 9.75. The molecule has 130 valence electrons. The zero-order chi connectivity index (χ0) is 18.7. The number of benzene rings is 2. The number of hydrogen-bond donors (Lipinski definition) is 1. The van der Waals surface area contributed by atoms with Gasteiger partial charge in [-0.05, 0) is 36.4 Å². The Balaban J connectivity index is 2.12. The molecule has 0 amide bonds. The van der Waals surface area contributed by atoms with E-state index in [1.54, 1.807) is 24.3 Å². The number of halogens is 1. The van der Waals surface area contributed by atoms with Crippen molar-refractivity contribution in [3.05, 3.63) is 81.4 Å². The Bertz CT molecular complexity index is 998. The maximum Gasteiger partial charge on any atom is 0.270 e. The smallest absolute Gasteiger partial charge is 0.270 e. The molecule has 26 heavy (non-hydrogen) atoms. The first-order chi connectivity index (χ1) is 12.5. The van der Waals surface area contributed by atoms with Crippen molar-refractivity contribution in [1.29, 1.82) is 0 Å². The number of allylic oxidation sites excluding steroid dienone is 1. The highest BCUT2D eigenvalue weighted by atomic mass is 35.5. The van der Waals surface area contributed by atoms with Crippen molar-refractivity contribution in [1.82, 2.24) is 14.8 Å². The van der Waals surface area contributed by atoms with Crippen LogP contribution in [0.5, 0.6) is 5.75 Å². The van der Waals surface area contributed by atoms with E-state index < -0.39 is 10.7 Å². The van der Waals surface area contributed by atoms with Gasteiger partial charge in [0.05, 0.1) is 4.92 Å². The third-order valence-corrected chi connectivity index (χ3v) is 3.77. The van der Waals surface area contributed by atoms with Crippen molar-refractivity contribution in [3.8, 4) is 5.75 Å². The number of aromatic hydroxyl groups is 1. The highest BCUT2D eigenvalue weighted by Crippen LogP contribution is 2.27. The fourth-order valence-corrected chi connectivity index (χ4v) is 2.36. The standard InChI is InChI=1S/C17H11ClN4O4/c18-13-3-1-11(2-4-13)17(24)15(21-10-19-9-20-21)8-12-7-14(22(25)26)5-6-16(12)23/h1-10,23H. The van der Waals surface area contributed by atoms with Gasteiger partial charge in [0.15, 0.2) is 0 Å². The van der Waals surface area contributed by atoms with Gasteiger partial charge in [-0.15, -0.1) is 0 Å². The number of carbonyl (C=O) groups is 1. The first-order valence-corrected chi connectivity index (χ1v) is 7.68. The van der Waals surface area contributed by atoms with Crippen LogP contribution in [0.25, 0.3) is 11.8 Å². The molecular weight excluding hydrogens is 360 g/mol. The molecule has 1 heterocycles. The molecule has 0 spiro atoms. The Morgan fingerprint density at radius 3 is 2.58 bits per heavy atom. The Kier molecular flexibility index (Phi) is 4.76.